The first kappa shape index (κ1) is 17.5. The highest BCUT2D eigenvalue weighted by molar-refractivity contribution is 7.89. The molecule has 0 fully saturated rings. The smallest absolute Gasteiger partial charge is 0.335 e. The molecule has 0 aliphatic heterocycles. The van der Waals surface area contributed by atoms with Gasteiger partial charge in [0.25, 0.3) is 0 Å². The van der Waals surface area contributed by atoms with Crippen molar-refractivity contribution < 1.29 is 23.1 Å². The second kappa shape index (κ2) is 6.91. The summed E-state index contributed by atoms with van der Waals surface area (Å²) in [5, 5.41) is 8.93. The first-order valence-electron chi connectivity index (χ1n) is 6.66. The molecule has 2 N–H and O–H groups in total. The molecule has 0 heterocycles. The van der Waals surface area contributed by atoms with E-state index >= 15 is 0 Å². The average molecular weight is 315 g/mol. The Labute approximate surface area is 125 Å². The maximum atomic E-state index is 12.4. The van der Waals surface area contributed by atoms with Crippen molar-refractivity contribution in [3.05, 3.63) is 23.8 Å². The van der Waals surface area contributed by atoms with E-state index in [-0.39, 0.29) is 28.2 Å². The molecule has 0 saturated carbocycles. The van der Waals surface area contributed by atoms with Crippen LogP contribution < -0.4 is 9.46 Å². The van der Waals surface area contributed by atoms with Crippen LogP contribution in [0.2, 0.25) is 0 Å². The van der Waals surface area contributed by atoms with Gasteiger partial charge < -0.3 is 9.84 Å². The van der Waals surface area contributed by atoms with Gasteiger partial charge in [-0.1, -0.05) is 20.3 Å². The van der Waals surface area contributed by atoms with Crippen molar-refractivity contribution in [1.82, 2.24) is 4.72 Å². The number of rotatable bonds is 7. The van der Waals surface area contributed by atoms with E-state index in [1.165, 1.54) is 25.3 Å². The van der Waals surface area contributed by atoms with Crippen LogP contribution in [0.4, 0.5) is 0 Å². The second-order valence-electron chi connectivity index (χ2n) is 4.97. The van der Waals surface area contributed by atoms with Crippen molar-refractivity contribution in [3.63, 3.8) is 0 Å². The predicted octanol–water partition coefficient (Wildman–Crippen LogP) is 2.11. The predicted molar refractivity (Wildman–Crippen MR) is 79.2 cm³/mol. The lowest BCUT2D eigenvalue weighted by atomic mass is 10.0. The maximum absolute atomic E-state index is 12.4. The Hall–Kier alpha value is -1.60. The number of benzene rings is 1. The van der Waals surface area contributed by atoms with Crippen LogP contribution in [0, 0.1) is 5.92 Å². The summed E-state index contributed by atoms with van der Waals surface area (Å²) in [4.78, 5) is 10.9. The van der Waals surface area contributed by atoms with Crippen molar-refractivity contribution >= 4 is 16.0 Å². The molecule has 0 radical (unpaired) electrons. The Bertz CT molecular complexity index is 612. The minimum absolute atomic E-state index is 0.0127. The SMILES string of the molecule is CCC(C)C(C)NS(=O)(=O)c1ccc(C(=O)O)cc1OC. The lowest BCUT2D eigenvalue weighted by Crippen LogP contribution is -2.37. The Morgan fingerprint density at radius 2 is 2.00 bits per heavy atom. The van der Waals surface area contributed by atoms with Gasteiger partial charge >= 0.3 is 5.97 Å². The van der Waals surface area contributed by atoms with Gasteiger partial charge in [0.2, 0.25) is 10.0 Å². The van der Waals surface area contributed by atoms with Gasteiger partial charge in [-0.2, -0.15) is 0 Å². The highest BCUT2D eigenvalue weighted by Crippen LogP contribution is 2.25. The number of carboxylic acid groups (broad SMARTS) is 1. The second-order valence-corrected chi connectivity index (χ2v) is 6.65. The normalized spacial score (nSPS) is 14.5. The molecule has 0 spiro atoms. The summed E-state index contributed by atoms with van der Waals surface area (Å²) in [6.07, 6.45) is 0.846. The fourth-order valence-electron chi connectivity index (χ4n) is 1.80. The van der Waals surface area contributed by atoms with Crippen molar-refractivity contribution in [2.24, 2.45) is 5.92 Å². The molecule has 0 aliphatic carbocycles. The molecule has 6 nitrogen and oxygen atoms in total. The number of methoxy groups -OCH3 is 1. The van der Waals surface area contributed by atoms with Crippen LogP contribution in [0.5, 0.6) is 5.75 Å². The van der Waals surface area contributed by atoms with E-state index in [0.717, 1.165) is 6.42 Å². The van der Waals surface area contributed by atoms with Crippen molar-refractivity contribution in [1.29, 1.82) is 0 Å². The zero-order valence-electron chi connectivity index (χ0n) is 12.6. The average Bonchev–Trinajstić information content (AvgIpc) is 2.44. The van der Waals surface area contributed by atoms with Gasteiger partial charge in [-0.15, -0.1) is 0 Å². The molecule has 1 rings (SSSR count). The first-order chi connectivity index (χ1) is 9.72. The van der Waals surface area contributed by atoms with Crippen molar-refractivity contribution in [2.45, 2.75) is 38.1 Å². The number of hydrogen-bond acceptors (Lipinski definition) is 4. The number of carboxylic acids is 1. The summed E-state index contributed by atoms with van der Waals surface area (Å²) in [7, 11) is -2.46. The van der Waals surface area contributed by atoms with Gasteiger partial charge in [0, 0.05) is 6.04 Å². The zero-order chi connectivity index (χ0) is 16.2. The minimum atomic E-state index is -3.77. The van der Waals surface area contributed by atoms with E-state index < -0.39 is 16.0 Å². The Morgan fingerprint density at radius 1 is 1.38 bits per heavy atom. The summed E-state index contributed by atoms with van der Waals surface area (Å²) < 4.78 is 32.4. The number of hydrogen-bond donors (Lipinski definition) is 2. The van der Waals surface area contributed by atoms with E-state index in [2.05, 4.69) is 4.72 Å². The molecule has 21 heavy (non-hydrogen) atoms. The quantitative estimate of drug-likeness (QED) is 0.804. The van der Waals surface area contributed by atoms with E-state index in [0.29, 0.717) is 0 Å². The van der Waals surface area contributed by atoms with Crippen LogP contribution in [0.1, 0.15) is 37.6 Å². The molecule has 0 bridgehead atoms. The van der Waals surface area contributed by atoms with Gasteiger partial charge in [-0.3, -0.25) is 0 Å². The molecule has 1 aromatic rings. The van der Waals surface area contributed by atoms with E-state index in [1.54, 1.807) is 6.92 Å². The molecular weight excluding hydrogens is 294 g/mol. The number of carbonyl (C=O) groups is 1. The highest BCUT2D eigenvalue weighted by Gasteiger charge is 2.24. The summed E-state index contributed by atoms with van der Waals surface area (Å²) in [6.45, 7) is 5.74. The van der Waals surface area contributed by atoms with E-state index in [1.807, 2.05) is 13.8 Å². The van der Waals surface area contributed by atoms with Gasteiger partial charge in [-0.25, -0.2) is 17.9 Å². The molecule has 1 aromatic carbocycles. The van der Waals surface area contributed by atoms with E-state index in [9.17, 15) is 13.2 Å². The largest absolute Gasteiger partial charge is 0.495 e. The van der Waals surface area contributed by atoms with Crippen LogP contribution in [-0.2, 0) is 10.0 Å². The van der Waals surface area contributed by atoms with Crippen LogP contribution in [0.25, 0.3) is 0 Å². The van der Waals surface area contributed by atoms with Crippen LogP contribution in [0.3, 0.4) is 0 Å². The summed E-state index contributed by atoms with van der Waals surface area (Å²) in [6, 6.07) is 3.45. The number of sulfonamides is 1. The number of ether oxygens (including phenoxy) is 1. The van der Waals surface area contributed by atoms with Gasteiger partial charge in [0.05, 0.1) is 12.7 Å². The molecule has 0 saturated heterocycles. The fourth-order valence-corrected chi connectivity index (χ4v) is 3.30. The molecule has 7 heteroatoms. The van der Waals surface area contributed by atoms with Crippen molar-refractivity contribution in [3.8, 4) is 5.75 Å². The maximum Gasteiger partial charge on any atom is 0.335 e. The lowest BCUT2D eigenvalue weighted by Gasteiger charge is -2.20. The van der Waals surface area contributed by atoms with Crippen LogP contribution in [0.15, 0.2) is 23.1 Å². The van der Waals surface area contributed by atoms with Gasteiger partial charge in [0.1, 0.15) is 10.6 Å². The number of nitrogens with one attached hydrogen (secondary N) is 1. The third kappa shape index (κ3) is 4.18. The van der Waals surface area contributed by atoms with Crippen molar-refractivity contribution in [2.75, 3.05) is 7.11 Å². The third-order valence-electron chi connectivity index (χ3n) is 3.54. The fraction of sp³-hybridized carbons (Fsp3) is 0.500. The molecular formula is C14H21NO5S. The molecule has 0 aliphatic rings. The number of aromatic carboxylic acids is 1. The van der Waals surface area contributed by atoms with Crippen LogP contribution >= 0.6 is 0 Å². The Balaban J connectivity index is 3.16. The molecule has 2 unspecified atom stereocenters. The molecule has 0 amide bonds. The molecule has 0 aromatic heterocycles. The molecule has 2 atom stereocenters. The Kier molecular flexibility index (Phi) is 5.74. The van der Waals surface area contributed by atoms with Crippen LogP contribution in [-0.4, -0.2) is 32.6 Å². The standard InChI is InChI=1S/C14H21NO5S/c1-5-9(2)10(3)15-21(18,19)13-7-6-11(14(16)17)8-12(13)20-4/h6-10,15H,5H2,1-4H3,(H,16,17). The zero-order valence-corrected chi connectivity index (χ0v) is 13.4. The summed E-state index contributed by atoms with van der Waals surface area (Å²) >= 11 is 0. The van der Waals surface area contributed by atoms with E-state index in [4.69, 9.17) is 9.84 Å². The monoisotopic (exact) mass is 315 g/mol. The molecule has 118 valence electrons. The first-order valence-corrected chi connectivity index (χ1v) is 8.14. The lowest BCUT2D eigenvalue weighted by molar-refractivity contribution is 0.0696. The van der Waals surface area contributed by atoms with Gasteiger partial charge in [0.15, 0.2) is 0 Å². The Morgan fingerprint density at radius 3 is 2.48 bits per heavy atom. The van der Waals surface area contributed by atoms with Gasteiger partial charge in [-0.05, 0) is 31.0 Å². The summed E-state index contributed by atoms with van der Waals surface area (Å²) in [5.74, 6) is -0.944. The summed E-state index contributed by atoms with van der Waals surface area (Å²) in [5.41, 5.74) is -0.0271. The minimum Gasteiger partial charge on any atom is -0.495 e. The highest BCUT2D eigenvalue weighted by atomic mass is 32.2. The third-order valence-corrected chi connectivity index (χ3v) is 5.14. The topological polar surface area (TPSA) is 92.7 Å².